The summed E-state index contributed by atoms with van der Waals surface area (Å²) in [4.78, 5) is 23.6. The number of hydrogen-bond donors (Lipinski definition) is 2. The fourth-order valence-corrected chi connectivity index (χ4v) is 2.02. The third-order valence-corrected chi connectivity index (χ3v) is 4.12. The summed E-state index contributed by atoms with van der Waals surface area (Å²) in [6.45, 7) is 8.62. The largest absolute Gasteiger partial charge is 0.377 e. The maximum atomic E-state index is 11.8. The lowest BCUT2D eigenvalue weighted by Gasteiger charge is -2.30. The molecule has 0 unspecified atom stereocenters. The molecule has 2 aromatic carbocycles. The lowest BCUT2D eigenvalue weighted by atomic mass is 9.87. The lowest BCUT2D eigenvalue weighted by molar-refractivity contribution is 0.359. The number of rotatable bonds is 5. The van der Waals surface area contributed by atoms with Gasteiger partial charge in [-0.05, 0) is 30.0 Å². The fraction of sp³-hybridized carbons (Fsp3) is 0.389. The second-order valence-corrected chi connectivity index (χ2v) is 6.80. The molecule has 0 spiro atoms. The Hall–Kier alpha value is -2.61. The molecule has 2 rings (SSSR count). The minimum absolute atomic E-state index is 0.0237. The van der Waals surface area contributed by atoms with E-state index in [-0.39, 0.29) is 11.5 Å². The first kappa shape index (κ1) is 16.8. The second kappa shape index (κ2) is 6.25. The molecule has 0 saturated heterocycles. The van der Waals surface area contributed by atoms with Crippen LogP contribution >= 0.6 is 0 Å². The molecule has 0 aliphatic rings. The van der Waals surface area contributed by atoms with Crippen LogP contribution in [-0.2, 0) is 6.54 Å². The van der Waals surface area contributed by atoms with Crippen molar-refractivity contribution in [3.05, 3.63) is 55.8 Å². The van der Waals surface area contributed by atoms with Crippen molar-refractivity contribution in [1.29, 1.82) is 5.26 Å². The number of nitriles is 1. The summed E-state index contributed by atoms with van der Waals surface area (Å²) in [6.07, 6.45) is 0. The van der Waals surface area contributed by atoms with Gasteiger partial charge in [0.25, 0.3) is 10.9 Å². The van der Waals surface area contributed by atoms with E-state index in [4.69, 9.17) is 5.26 Å². The predicted octanol–water partition coefficient (Wildman–Crippen LogP) is 2.61. The van der Waals surface area contributed by atoms with Gasteiger partial charge >= 0.3 is 0 Å². The van der Waals surface area contributed by atoms with Gasteiger partial charge in [-0.1, -0.05) is 32.9 Å². The highest BCUT2D eigenvalue weighted by atomic mass is 16.2. The van der Waals surface area contributed by atoms with Crippen molar-refractivity contribution in [2.45, 2.75) is 40.3 Å². The number of benzene rings is 1. The molecule has 5 nitrogen and oxygen atoms in total. The van der Waals surface area contributed by atoms with Crippen LogP contribution in [0.1, 0.15) is 38.8 Å². The molecule has 0 amide bonds. The molecule has 0 bridgehead atoms. The lowest BCUT2D eigenvalue weighted by Crippen LogP contribution is -2.41. The van der Waals surface area contributed by atoms with E-state index in [9.17, 15) is 9.59 Å². The Kier molecular flexibility index (Phi) is 4.55. The van der Waals surface area contributed by atoms with Gasteiger partial charge in [-0.25, -0.2) is 0 Å². The van der Waals surface area contributed by atoms with Crippen molar-refractivity contribution in [2.24, 2.45) is 5.41 Å². The Balaban J connectivity index is 2.09. The van der Waals surface area contributed by atoms with E-state index in [1.54, 1.807) is 12.1 Å². The van der Waals surface area contributed by atoms with E-state index in [0.717, 1.165) is 5.56 Å². The fourth-order valence-electron chi connectivity index (χ4n) is 2.02. The van der Waals surface area contributed by atoms with Crippen molar-refractivity contribution in [3.8, 4) is 6.07 Å². The van der Waals surface area contributed by atoms with Crippen LogP contribution in [0.3, 0.4) is 0 Å². The van der Waals surface area contributed by atoms with Crippen molar-refractivity contribution in [3.63, 3.8) is 0 Å². The highest BCUT2D eigenvalue weighted by Gasteiger charge is 2.26. The standard InChI is InChI=1S/C18H21N3O2/c1-11(18(2,3)4)21-15-14(16(22)17(15)23)20-10-13-7-5-12(9-19)6-8-13/h5-8,11,20-21H,10H2,1-4H3/t11-/m0/s1. The zero-order chi connectivity index (χ0) is 17.2. The van der Waals surface area contributed by atoms with Gasteiger partial charge in [0.1, 0.15) is 11.4 Å². The van der Waals surface area contributed by atoms with Crippen molar-refractivity contribution in [1.82, 2.24) is 0 Å². The normalized spacial score (nSPS) is 12.7. The average Bonchev–Trinajstić information content (AvgIpc) is 2.52. The molecule has 0 aliphatic heterocycles. The zero-order valence-corrected chi connectivity index (χ0v) is 13.9. The van der Waals surface area contributed by atoms with E-state index in [1.165, 1.54) is 0 Å². The highest BCUT2D eigenvalue weighted by Crippen LogP contribution is 2.25. The molecule has 2 N–H and O–H groups in total. The summed E-state index contributed by atoms with van der Waals surface area (Å²) in [7, 11) is 0. The number of hydrogen-bond acceptors (Lipinski definition) is 5. The SMILES string of the molecule is C[C@H](Nc1c(NCc2ccc(C#N)cc2)c(=O)c1=O)C(C)(C)C. The maximum Gasteiger partial charge on any atom is 0.253 e. The van der Waals surface area contributed by atoms with Gasteiger partial charge in [0.15, 0.2) is 0 Å². The summed E-state index contributed by atoms with van der Waals surface area (Å²) in [5.74, 6) is 0. The van der Waals surface area contributed by atoms with Crippen LogP contribution in [0.5, 0.6) is 0 Å². The van der Waals surface area contributed by atoms with Gasteiger partial charge in [0.05, 0.1) is 11.6 Å². The minimum Gasteiger partial charge on any atom is -0.377 e. The van der Waals surface area contributed by atoms with Crippen LogP contribution in [0.2, 0.25) is 0 Å². The van der Waals surface area contributed by atoms with Gasteiger partial charge in [-0.2, -0.15) is 5.26 Å². The zero-order valence-electron chi connectivity index (χ0n) is 13.9. The highest BCUT2D eigenvalue weighted by molar-refractivity contribution is 5.74. The number of anilines is 2. The molecule has 120 valence electrons. The van der Waals surface area contributed by atoms with Crippen molar-refractivity contribution < 1.29 is 0 Å². The third kappa shape index (κ3) is 3.59. The molecule has 5 heteroatoms. The van der Waals surface area contributed by atoms with Crippen LogP contribution < -0.4 is 21.5 Å². The molecule has 0 aromatic heterocycles. The summed E-state index contributed by atoms with van der Waals surface area (Å²) in [6, 6.07) is 9.20. The molecule has 0 aliphatic carbocycles. The van der Waals surface area contributed by atoms with Gasteiger partial charge < -0.3 is 10.6 Å². The van der Waals surface area contributed by atoms with Crippen molar-refractivity contribution in [2.75, 3.05) is 10.6 Å². The molecule has 0 heterocycles. The Labute approximate surface area is 135 Å². The molecule has 0 saturated carbocycles. The van der Waals surface area contributed by atoms with E-state index in [0.29, 0.717) is 23.5 Å². The Morgan fingerprint density at radius 3 is 2.17 bits per heavy atom. The van der Waals surface area contributed by atoms with E-state index in [1.807, 2.05) is 19.1 Å². The van der Waals surface area contributed by atoms with Crippen LogP contribution in [0.25, 0.3) is 0 Å². The van der Waals surface area contributed by atoms with E-state index >= 15 is 0 Å². The summed E-state index contributed by atoms with van der Waals surface area (Å²) in [5.41, 5.74) is 1.26. The molecule has 0 radical (unpaired) electrons. The second-order valence-electron chi connectivity index (χ2n) is 6.80. The van der Waals surface area contributed by atoms with Crippen LogP contribution in [0.4, 0.5) is 11.4 Å². The summed E-state index contributed by atoms with van der Waals surface area (Å²) < 4.78 is 0. The molecule has 1 atom stereocenters. The van der Waals surface area contributed by atoms with E-state index in [2.05, 4.69) is 37.5 Å². The first-order valence-electron chi connectivity index (χ1n) is 7.57. The maximum absolute atomic E-state index is 11.8. The van der Waals surface area contributed by atoms with Gasteiger partial charge in [0.2, 0.25) is 0 Å². The van der Waals surface area contributed by atoms with Crippen LogP contribution in [0.15, 0.2) is 33.9 Å². The first-order valence-corrected chi connectivity index (χ1v) is 7.57. The molecule has 23 heavy (non-hydrogen) atoms. The average molecular weight is 311 g/mol. The van der Waals surface area contributed by atoms with Crippen molar-refractivity contribution >= 4 is 11.4 Å². The molecular weight excluding hydrogens is 290 g/mol. The van der Waals surface area contributed by atoms with Crippen LogP contribution in [0, 0.1) is 16.7 Å². The quantitative estimate of drug-likeness (QED) is 0.830. The Morgan fingerprint density at radius 1 is 1.09 bits per heavy atom. The molecular formula is C18H21N3O2. The van der Waals surface area contributed by atoms with Gasteiger partial charge in [-0.15, -0.1) is 0 Å². The van der Waals surface area contributed by atoms with Crippen LogP contribution in [-0.4, -0.2) is 6.04 Å². The molecule has 0 fully saturated rings. The Morgan fingerprint density at radius 2 is 1.65 bits per heavy atom. The Bertz CT molecular complexity index is 801. The van der Waals surface area contributed by atoms with E-state index < -0.39 is 10.9 Å². The monoisotopic (exact) mass is 311 g/mol. The number of nitrogens with one attached hydrogen (secondary N) is 2. The minimum atomic E-state index is -0.484. The summed E-state index contributed by atoms with van der Waals surface area (Å²) >= 11 is 0. The smallest absolute Gasteiger partial charge is 0.253 e. The summed E-state index contributed by atoms with van der Waals surface area (Å²) in [5, 5.41) is 14.9. The first-order chi connectivity index (χ1) is 10.7. The van der Waals surface area contributed by atoms with Gasteiger partial charge in [-0.3, -0.25) is 9.59 Å². The third-order valence-electron chi connectivity index (χ3n) is 4.12. The molecule has 2 aromatic rings. The number of nitrogens with zero attached hydrogens (tertiary/aromatic N) is 1. The topological polar surface area (TPSA) is 82.0 Å². The predicted molar refractivity (Wildman–Crippen MR) is 92.4 cm³/mol. The van der Waals surface area contributed by atoms with Gasteiger partial charge in [0, 0.05) is 12.6 Å².